The molecule has 1 aliphatic carbocycles. The number of amides is 3. The summed E-state index contributed by atoms with van der Waals surface area (Å²) in [6.07, 6.45) is 2.78. The number of carbonyl (C=O) groups excluding carboxylic acids is 2. The van der Waals surface area contributed by atoms with E-state index >= 15 is 0 Å². The van der Waals surface area contributed by atoms with Crippen molar-refractivity contribution in [3.63, 3.8) is 0 Å². The minimum absolute atomic E-state index is 0.0419. The van der Waals surface area contributed by atoms with Gasteiger partial charge in [0, 0.05) is 36.4 Å². The Balaban J connectivity index is 1.16. The summed E-state index contributed by atoms with van der Waals surface area (Å²) >= 11 is 0. The third kappa shape index (κ3) is 2.53. The Morgan fingerprint density at radius 1 is 0.909 bits per heavy atom. The molecular weight excluding hydrogens is 412 g/mol. The Kier molecular flexibility index (Phi) is 3.95. The smallest absolute Gasteiger partial charge is 0.318 e. The summed E-state index contributed by atoms with van der Waals surface area (Å²) in [5.74, 6) is -0.0950. The SMILES string of the molecule is O=C1NCC2(C(=O)Nc3ccccc32)N1C1CCN(C2Cc3cccc4cccc2c34)CC1. The molecule has 0 bridgehead atoms. The van der Waals surface area contributed by atoms with Crippen molar-refractivity contribution >= 4 is 28.4 Å². The second kappa shape index (κ2) is 6.81. The first-order chi connectivity index (χ1) is 16.2. The molecule has 0 radical (unpaired) electrons. The topological polar surface area (TPSA) is 64.7 Å². The zero-order valence-corrected chi connectivity index (χ0v) is 18.4. The highest BCUT2D eigenvalue weighted by Crippen LogP contribution is 2.46. The Morgan fingerprint density at radius 3 is 2.55 bits per heavy atom. The molecule has 0 aromatic heterocycles. The number of hydrogen-bond acceptors (Lipinski definition) is 3. The van der Waals surface area contributed by atoms with Gasteiger partial charge in [0.2, 0.25) is 0 Å². The maximum atomic E-state index is 13.2. The molecule has 3 aliphatic heterocycles. The normalized spacial score (nSPS) is 26.8. The van der Waals surface area contributed by atoms with Crippen LogP contribution < -0.4 is 10.6 Å². The number of nitrogens with one attached hydrogen (secondary N) is 2. The predicted molar refractivity (Wildman–Crippen MR) is 127 cm³/mol. The van der Waals surface area contributed by atoms with Crippen LogP contribution in [0.25, 0.3) is 10.8 Å². The van der Waals surface area contributed by atoms with Gasteiger partial charge >= 0.3 is 6.03 Å². The van der Waals surface area contributed by atoms with Gasteiger partial charge < -0.3 is 15.5 Å². The van der Waals surface area contributed by atoms with E-state index in [-0.39, 0.29) is 18.0 Å². The van der Waals surface area contributed by atoms with Gasteiger partial charge in [0.25, 0.3) is 5.91 Å². The van der Waals surface area contributed by atoms with Crippen molar-refractivity contribution in [1.82, 2.24) is 15.1 Å². The van der Waals surface area contributed by atoms with E-state index < -0.39 is 5.54 Å². The van der Waals surface area contributed by atoms with Gasteiger partial charge in [-0.15, -0.1) is 0 Å². The molecule has 33 heavy (non-hydrogen) atoms. The summed E-state index contributed by atoms with van der Waals surface area (Å²) in [5.41, 5.74) is 3.66. The van der Waals surface area contributed by atoms with Gasteiger partial charge in [0.1, 0.15) is 0 Å². The van der Waals surface area contributed by atoms with Crippen molar-refractivity contribution < 1.29 is 9.59 Å². The highest BCUT2D eigenvalue weighted by molar-refractivity contribution is 6.09. The first-order valence-corrected chi connectivity index (χ1v) is 11.9. The molecule has 3 aromatic rings. The second-order valence-corrected chi connectivity index (χ2v) is 9.74. The van der Waals surface area contributed by atoms with Gasteiger partial charge in [-0.05, 0) is 47.2 Å². The molecule has 166 valence electrons. The number of hydrogen-bond donors (Lipinski definition) is 2. The van der Waals surface area contributed by atoms with E-state index in [0.717, 1.165) is 43.6 Å². The standard InChI is InChI=1S/C27H26N4O2/c32-25-27(21-9-1-2-10-22(21)29-25)16-28-26(33)31(27)19-11-13-30(14-12-19)23-15-18-7-3-5-17-6-4-8-20(23)24(17)18/h1-10,19,23H,11-16H2,(H,28,33)(H,29,32). The maximum Gasteiger partial charge on any atom is 0.318 e. The van der Waals surface area contributed by atoms with Crippen LogP contribution in [-0.2, 0) is 16.8 Å². The fourth-order valence-corrected chi connectivity index (χ4v) is 6.74. The molecule has 3 amide bonds. The monoisotopic (exact) mass is 438 g/mol. The molecule has 2 unspecified atom stereocenters. The summed E-state index contributed by atoms with van der Waals surface area (Å²) in [6.45, 7) is 2.17. The summed E-state index contributed by atoms with van der Waals surface area (Å²) in [6, 6.07) is 21.3. The molecule has 6 heteroatoms. The summed E-state index contributed by atoms with van der Waals surface area (Å²) in [7, 11) is 0. The van der Waals surface area contributed by atoms with E-state index in [1.165, 1.54) is 21.9 Å². The molecule has 2 fully saturated rings. The van der Waals surface area contributed by atoms with Crippen LogP contribution in [0.1, 0.15) is 35.6 Å². The van der Waals surface area contributed by atoms with Crippen LogP contribution in [0.5, 0.6) is 0 Å². The van der Waals surface area contributed by atoms with Crippen molar-refractivity contribution in [3.05, 3.63) is 77.4 Å². The van der Waals surface area contributed by atoms with Crippen molar-refractivity contribution in [3.8, 4) is 0 Å². The molecular formula is C27H26N4O2. The number of urea groups is 1. The van der Waals surface area contributed by atoms with Crippen molar-refractivity contribution in [2.45, 2.75) is 36.9 Å². The fourth-order valence-electron chi connectivity index (χ4n) is 6.74. The fraction of sp³-hybridized carbons (Fsp3) is 0.333. The lowest BCUT2D eigenvalue weighted by molar-refractivity contribution is -0.126. The van der Waals surface area contributed by atoms with E-state index in [9.17, 15) is 9.59 Å². The zero-order valence-electron chi connectivity index (χ0n) is 18.4. The molecule has 2 saturated heterocycles. The predicted octanol–water partition coefficient (Wildman–Crippen LogP) is 3.77. The Bertz CT molecular complexity index is 1310. The third-order valence-corrected chi connectivity index (χ3v) is 8.22. The van der Waals surface area contributed by atoms with E-state index in [2.05, 4.69) is 51.9 Å². The minimum Gasteiger partial charge on any atom is -0.335 e. The van der Waals surface area contributed by atoms with Crippen LogP contribution in [0.15, 0.2) is 60.7 Å². The number of fused-ring (bicyclic) bond motifs is 2. The number of nitrogens with zero attached hydrogens (tertiary/aromatic N) is 2. The number of piperidine rings is 1. The van der Waals surface area contributed by atoms with Crippen LogP contribution >= 0.6 is 0 Å². The lowest BCUT2D eigenvalue weighted by Crippen LogP contribution is -2.56. The molecule has 0 saturated carbocycles. The lowest BCUT2D eigenvalue weighted by atomic mass is 9.87. The first kappa shape index (κ1) is 19.1. The molecule has 3 aromatic carbocycles. The van der Waals surface area contributed by atoms with Crippen LogP contribution in [0, 0.1) is 0 Å². The maximum absolute atomic E-state index is 13.2. The second-order valence-electron chi connectivity index (χ2n) is 9.74. The highest BCUT2D eigenvalue weighted by atomic mass is 16.2. The zero-order chi connectivity index (χ0) is 22.2. The number of para-hydroxylation sites is 1. The number of carbonyl (C=O) groups is 2. The average molecular weight is 439 g/mol. The number of rotatable bonds is 2. The molecule has 7 rings (SSSR count). The van der Waals surface area contributed by atoms with Gasteiger partial charge in [-0.1, -0.05) is 54.6 Å². The van der Waals surface area contributed by atoms with Crippen LogP contribution in [0.2, 0.25) is 0 Å². The van der Waals surface area contributed by atoms with Crippen molar-refractivity contribution in [2.75, 3.05) is 25.0 Å². The molecule has 4 aliphatic rings. The van der Waals surface area contributed by atoms with E-state index in [1.807, 2.05) is 29.2 Å². The number of anilines is 1. The molecule has 2 atom stereocenters. The van der Waals surface area contributed by atoms with E-state index in [1.54, 1.807) is 0 Å². The summed E-state index contributed by atoms with van der Waals surface area (Å²) in [4.78, 5) is 30.7. The molecule has 6 nitrogen and oxygen atoms in total. The van der Waals surface area contributed by atoms with Gasteiger partial charge in [-0.3, -0.25) is 9.69 Å². The van der Waals surface area contributed by atoms with Crippen LogP contribution in [0.3, 0.4) is 0 Å². The third-order valence-electron chi connectivity index (χ3n) is 8.22. The van der Waals surface area contributed by atoms with Gasteiger partial charge in [-0.25, -0.2) is 4.79 Å². The lowest BCUT2D eigenvalue weighted by Gasteiger charge is -2.43. The number of likely N-dealkylation sites (tertiary alicyclic amines) is 1. The Morgan fingerprint density at radius 2 is 1.70 bits per heavy atom. The van der Waals surface area contributed by atoms with E-state index in [0.29, 0.717) is 12.6 Å². The van der Waals surface area contributed by atoms with Crippen LogP contribution in [0.4, 0.5) is 10.5 Å². The molecule has 1 spiro atoms. The van der Waals surface area contributed by atoms with E-state index in [4.69, 9.17) is 0 Å². The Hall–Kier alpha value is -3.38. The quantitative estimate of drug-likeness (QED) is 0.640. The van der Waals surface area contributed by atoms with Crippen molar-refractivity contribution in [2.24, 2.45) is 0 Å². The minimum atomic E-state index is -0.935. The van der Waals surface area contributed by atoms with Crippen molar-refractivity contribution in [1.29, 1.82) is 0 Å². The van der Waals surface area contributed by atoms with Gasteiger partial charge in [0.05, 0.1) is 6.54 Å². The average Bonchev–Trinajstić information content (AvgIpc) is 3.48. The molecule has 3 heterocycles. The van der Waals surface area contributed by atoms with Gasteiger partial charge in [-0.2, -0.15) is 0 Å². The highest BCUT2D eigenvalue weighted by Gasteiger charge is 2.59. The first-order valence-electron chi connectivity index (χ1n) is 11.9. The summed E-state index contributed by atoms with van der Waals surface area (Å²) in [5, 5.41) is 8.73. The number of benzene rings is 3. The van der Waals surface area contributed by atoms with Crippen LogP contribution in [-0.4, -0.2) is 47.4 Å². The Labute approximate surface area is 192 Å². The van der Waals surface area contributed by atoms with Gasteiger partial charge in [0.15, 0.2) is 5.54 Å². The molecule has 2 N–H and O–H groups in total. The largest absolute Gasteiger partial charge is 0.335 e. The summed E-state index contributed by atoms with van der Waals surface area (Å²) < 4.78 is 0.